The van der Waals surface area contributed by atoms with Crippen LogP contribution in [0.1, 0.15) is 10.4 Å². The fourth-order valence-electron chi connectivity index (χ4n) is 2.23. The molecule has 0 fully saturated rings. The maximum atomic E-state index is 11.3. The summed E-state index contributed by atoms with van der Waals surface area (Å²) >= 11 is 0. The summed E-state index contributed by atoms with van der Waals surface area (Å²) < 4.78 is 1.60. The van der Waals surface area contributed by atoms with Crippen LogP contribution in [-0.2, 0) is 0 Å². The predicted octanol–water partition coefficient (Wildman–Crippen LogP) is 1.70. The van der Waals surface area contributed by atoms with E-state index in [2.05, 4.69) is 10.2 Å². The van der Waals surface area contributed by atoms with E-state index < -0.39 is 4.92 Å². The molecular weight excluding hydrogens is 274 g/mol. The summed E-state index contributed by atoms with van der Waals surface area (Å²) in [5.74, 6) is 0.180. The van der Waals surface area contributed by atoms with Gasteiger partial charge in [-0.3, -0.25) is 14.9 Å². The molecular formula is C13H9N5O3. The fourth-order valence-corrected chi connectivity index (χ4v) is 2.23. The number of carbonyl (C=O) groups excluding carboxylic acids is 1. The number of fused-ring (bicyclic) bond motifs is 1. The molecule has 2 aromatic heterocycles. The average Bonchev–Trinajstić information content (AvgIpc) is 2.87. The number of aromatic nitrogens is 3. The van der Waals surface area contributed by atoms with Gasteiger partial charge in [0.25, 0.3) is 5.69 Å². The van der Waals surface area contributed by atoms with Crippen molar-refractivity contribution in [2.75, 3.05) is 5.73 Å². The number of aldehydes is 1. The molecule has 2 N–H and O–H groups in total. The van der Waals surface area contributed by atoms with E-state index in [0.29, 0.717) is 28.5 Å². The molecule has 2 heterocycles. The molecule has 0 radical (unpaired) electrons. The zero-order valence-electron chi connectivity index (χ0n) is 10.6. The van der Waals surface area contributed by atoms with Gasteiger partial charge in [-0.2, -0.15) is 0 Å². The first kappa shape index (κ1) is 12.7. The van der Waals surface area contributed by atoms with Gasteiger partial charge in [-0.25, -0.2) is 0 Å². The molecule has 0 aliphatic heterocycles. The SMILES string of the molecule is Nc1nncn2cc(C=O)c(-c3ccc([N+](=O)[O-])cc3)c12. The van der Waals surface area contributed by atoms with Crippen LogP contribution in [0.4, 0.5) is 11.5 Å². The molecule has 3 aromatic rings. The van der Waals surface area contributed by atoms with Crippen LogP contribution in [0.2, 0.25) is 0 Å². The molecule has 0 amide bonds. The summed E-state index contributed by atoms with van der Waals surface area (Å²) in [6.07, 6.45) is 3.72. The van der Waals surface area contributed by atoms with Gasteiger partial charge in [-0.05, 0) is 17.7 Å². The first-order valence-electron chi connectivity index (χ1n) is 5.93. The van der Waals surface area contributed by atoms with Crippen LogP contribution >= 0.6 is 0 Å². The molecule has 1 aromatic carbocycles. The van der Waals surface area contributed by atoms with E-state index in [0.717, 1.165) is 0 Å². The van der Waals surface area contributed by atoms with Crippen LogP contribution in [0, 0.1) is 10.1 Å². The minimum absolute atomic E-state index is 0.0253. The van der Waals surface area contributed by atoms with E-state index in [4.69, 9.17) is 5.73 Å². The summed E-state index contributed by atoms with van der Waals surface area (Å²) in [6.45, 7) is 0. The van der Waals surface area contributed by atoms with Gasteiger partial charge in [0.15, 0.2) is 12.1 Å². The van der Waals surface area contributed by atoms with Gasteiger partial charge in [0.1, 0.15) is 6.33 Å². The highest BCUT2D eigenvalue weighted by Gasteiger charge is 2.16. The quantitative estimate of drug-likeness (QED) is 0.444. The molecule has 0 saturated heterocycles. The van der Waals surface area contributed by atoms with Crippen LogP contribution in [0.15, 0.2) is 36.8 Å². The minimum atomic E-state index is -0.484. The van der Waals surface area contributed by atoms with E-state index >= 15 is 0 Å². The zero-order chi connectivity index (χ0) is 15.0. The largest absolute Gasteiger partial charge is 0.380 e. The molecule has 0 unspecified atom stereocenters. The Morgan fingerprint density at radius 1 is 1.29 bits per heavy atom. The Balaban J connectivity index is 2.28. The third kappa shape index (κ3) is 1.98. The van der Waals surface area contributed by atoms with Crippen LogP contribution in [0.3, 0.4) is 0 Å². The maximum absolute atomic E-state index is 11.3. The van der Waals surface area contributed by atoms with Crippen LogP contribution in [-0.4, -0.2) is 25.8 Å². The number of nitrogens with zero attached hydrogens (tertiary/aromatic N) is 4. The van der Waals surface area contributed by atoms with Crippen LogP contribution in [0.5, 0.6) is 0 Å². The minimum Gasteiger partial charge on any atom is -0.380 e. The normalized spacial score (nSPS) is 10.7. The van der Waals surface area contributed by atoms with Gasteiger partial charge in [0.05, 0.1) is 10.4 Å². The molecule has 0 atom stereocenters. The first-order chi connectivity index (χ1) is 10.1. The third-order valence-electron chi connectivity index (χ3n) is 3.14. The van der Waals surface area contributed by atoms with E-state index in [9.17, 15) is 14.9 Å². The highest BCUT2D eigenvalue weighted by Crippen LogP contribution is 2.32. The van der Waals surface area contributed by atoms with Gasteiger partial charge in [-0.15, -0.1) is 10.2 Å². The number of nitrogen functional groups attached to an aromatic ring is 1. The monoisotopic (exact) mass is 283 g/mol. The van der Waals surface area contributed by atoms with E-state index in [1.807, 2.05) is 0 Å². The number of hydrogen-bond acceptors (Lipinski definition) is 6. The number of nitro benzene ring substituents is 1. The average molecular weight is 283 g/mol. The molecule has 104 valence electrons. The van der Waals surface area contributed by atoms with Crippen molar-refractivity contribution in [3.05, 3.63) is 52.5 Å². The number of hydrogen-bond donors (Lipinski definition) is 1. The van der Waals surface area contributed by atoms with Crippen molar-refractivity contribution in [2.24, 2.45) is 0 Å². The van der Waals surface area contributed by atoms with E-state index in [1.54, 1.807) is 22.7 Å². The summed E-state index contributed by atoms with van der Waals surface area (Å²) in [4.78, 5) is 21.5. The second-order valence-electron chi connectivity index (χ2n) is 4.35. The van der Waals surface area contributed by atoms with Crippen molar-refractivity contribution in [3.63, 3.8) is 0 Å². The van der Waals surface area contributed by atoms with Gasteiger partial charge in [-0.1, -0.05) is 0 Å². The Morgan fingerprint density at radius 2 is 2.00 bits per heavy atom. The number of anilines is 1. The van der Waals surface area contributed by atoms with Gasteiger partial charge in [0.2, 0.25) is 0 Å². The smallest absolute Gasteiger partial charge is 0.269 e. The molecule has 0 spiro atoms. The van der Waals surface area contributed by atoms with Crippen LogP contribution < -0.4 is 5.73 Å². The Bertz CT molecular complexity index is 854. The maximum Gasteiger partial charge on any atom is 0.269 e. The second kappa shape index (κ2) is 4.67. The van der Waals surface area contributed by atoms with Crippen molar-refractivity contribution in [1.82, 2.24) is 14.6 Å². The van der Waals surface area contributed by atoms with Crippen molar-refractivity contribution in [3.8, 4) is 11.1 Å². The standard InChI is InChI=1S/C13H9N5O3/c14-13-12-11(8-1-3-10(4-2-8)18(20)21)9(6-19)5-17(12)7-15-16-13/h1-7H,(H2,14,16). The number of nitro groups is 1. The Kier molecular flexibility index (Phi) is 2.83. The van der Waals surface area contributed by atoms with Crippen molar-refractivity contribution in [2.45, 2.75) is 0 Å². The number of benzene rings is 1. The first-order valence-corrected chi connectivity index (χ1v) is 5.93. The molecule has 0 saturated carbocycles. The lowest BCUT2D eigenvalue weighted by Gasteiger charge is -2.03. The lowest BCUT2D eigenvalue weighted by molar-refractivity contribution is -0.384. The highest BCUT2D eigenvalue weighted by molar-refractivity contribution is 5.99. The Labute approximate surface area is 118 Å². The summed E-state index contributed by atoms with van der Waals surface area (Å²) in [7, 11) is 0. The molecule has 8 nitrogen and oxygen atoms in total. The lowest BCUT2D eigenvalue weighted by Crippen LogP contribution is -1.98. The second-order valence-corrected chi connectivity index (χ2v) is 4.35. The van der Waals surface area contributed by atoms with E-state index in [-0.39, 0.29) is 11.5 Å². The number of rotatable bonds is 3. The number of nitrogens with two attached hydrogens (primary N) is 1. The van der Waals surface area contributed by atoms with Gasteiger partial charge < -0.3 is 10.1 Å². The third-order valence-corrected chi connectivity index (χ3v) is 3.14. The number of non-ortho nitro benzene ring substituents is 1. The molecule has 8 heteroatoms. The Morgan fingerprint density at radius 3 is 2.62 bits per heavy atom. The summed E-state index contributed by atoms with van der Waals surface area (Å²) in [5, 5.41) is 18.2. The summed E-state index contributed by atoms with van der Waals surface area (Å²) in [5.41, 5.74) is 7.97. The number of carbonyl (C=O) groups is 1. The van der Waals surface area contributed by atoms with E-state index in [1.165, 1.54) is 18.5 Å². The lowest BCUT2D eigenvalue weighted by atomic mass is 10.0. The van der Waals surface area contributed by atoms with Crippen LogP contribution in [0.25, 0.3) is 16.6 Å². The summed E-state index contributed by atoms with van der Waals surface area (Å²) in [6, 6.07) is 5.89. The molecule has 21 heavy (non-hydrogen) atoms. The van der Waals surface area contributed by atoms with Crippen molar-refractivity contribution in [1.29, 1.82) is 0 Å². The molecule has 0 aliphatic rings. The van der Waals surface area contributed by atoms with Crippen molar-refractivity contribution < 1.29 is 9.72 Å². The molecule has 3 rings (SSSR count). The molecule has 0 bridgehead atoms. The predicted molar refractivity (Wildman–Crippen MR) is 74.9 cm³/mol. The van der Waals surface area contributed by atoms with Gasteiger partial charge >= 0.3 is 0 Å². The van der Waals surface area contributed by atoms with Crippen molar-refractivity contribution >= 4 is 23.3 Å². The molecule has 0 aliphatic carbocycles. The topological polar surface area (TPSA) is 116 Å². The highest BCUT2D eigenvalue weighted by atomic mass is 16.6. The fraction of sp³-hybridized carbons (Fsp3) is 0. The van der Waals surface area contributed by atoms with Gasteiger partial charge in [0, 0.05) is 29.5 Å². The zero-order valence-corrected chi connectivity index (χ0v) is 10.6. The Hall–Kier alpha value is -3.29.